The van der Waals surface area contributed by atoms with Crippen LogP contribution in [0, 0.1) is 23.0 Å². The van der Waals surface area contributed by atoms with Gasteiger partial charge in [0, 0.05) is 26.6 Å². The van der Waals surface area contributed by atoms with Crippen molar-refractivity contribution in [2.75, 3.05) is 26.2 Å². The lowest BCUT2D eigenvalue weighted by atomic mass is 9.97. The van der Waals surface area contributed by atoms with Crippen LogP contribution in [0.15, 0.2) is 6.20 Å². The first-order valence-corrected chi connectivity index (χ1v) is 9.41. The number of piperidine rings is 1. The Morgan fingerprint density at radius 3 is 2.82 bits per heavy atom. The van der Waals surface area contributed by atoms with Crippen LogP contribution in [0.3, 0.4) is 0 Å². The largest absolute Gasteiger partial charge is 0.381 e. The average Bonchev–Trinajstić information content (AvgIpc) is 3.30. The molecule has 2 unspecified atom stereocenters. The van der Waals surface area contributed by atoms with E-state index in [2.05, 4.69) is 15.6 Å². The average molecular weight is 415 g/mol. The Kier molecular flexibility index (Phi) is 7.76. The number of amides is 2. The Morgan fingerprint density at radius 2 is 2.18 bits per heavy atom. The van der Waals surface area contributed by atoms with Crippen LogP contribution in [-0.2, 0) is 16.1 Å². The van der Waals surface area contributed by atoms with Gasteiger partial charge in [0.1, 0.15) is 12.7 Å². The molecule has 28 heavy (non-hydrogen) atoms. The summed E-state index contributed by atoms with van der Waals surface area (Å²) >= 11 is 0. The SMILES string of the molecule is Cc1nc([N+](=O)[O-])cn1CC(=O)N1CCCC(CNC(=O)C2CCCN2)C1.Cl. The van der Waals surface area contributed by atoms with E-state index in [1.165, 1.54) is 10.8 Å². The van der Waals surface area contributed by atoms with Gasteiger partial charge in [-0.1, -0.05) is 0 Å². The standard InChI is InChI=1S/C17H26N6O4.ClH/c1-12-20-15(23(26)27)10-22(12)11-16(24)21-7-3-4-13(9-21)8-19-17(25)14-5-2-6-18-14;/h10,13-14,18H,2-9,11H2,1H3,(H,19,25);1H. The molecule has 2 fully saturated rings. The summed E-state index contributed by atoms with van der Waals surface area (Å²) in [5, 5.41) is 17.0. The van der Waals surface area contributed by atoms with Crippen molar-refractivity contribution < 1.29 is 14.5 Å². The number of nitrogens with one attached hydrogen (secondary N) is 2. The first kappa shape index (κ1) is 22.1. The molecule has 0 aromatic carbocycles. The van der Waals surface area contributed by atoms with Gasteiger partial charge in [-0.25, -0.2) is 0 Å². The summed E-state index contributed by atoms with van der Waals surface area (Å²) in [5.41, 5.74) is 0. The third-order valence-electron chi connectivity index (χ3n) is 5.27. The maximum absolute atomic E-state index is 12.6. The maximum Gasteiger partial charge on any atom is 0.381 e. The molecule has 0 bridgehead atoms. The molecule has 2 N–H and O–H groups in total. The van der Waals surface area contributed by atoms with E-state index in [1.54, 1.807) is 11.8 Å². The second-order valence-corrected chi connectivity index (χ2v) is 7.27. The third kappa shape index (κ3) is 5.41. The van der Waals surface area contributed by atoms with E-state index < -0.39 is 4.92 Å². The normalized spacial score (nSPS) is 21.8. The molecule has 2 atom stereocenters. The Labute approximate surface area is 169 Å². The molecule has 1 aromatic heterocycles. The van der Waals surface area contributed by atoms with Gasteiger partial charge in [-0.3, -0.25) is 14.2 Å². The topological polar surface area (TPSA) is 122 Å². The van der Waals surface area contributed by atoms with Gasteiger partial charge in [-0.15, -0.1) is 12.4 Å². The van der Waals surface area contributed by atoms with Crippen molar-refractivity contribution in [3.05, 3.63) is 22.1 Å². The number of carbonyl (C=O) groups excluding carboxylic acids is 2. The molecule has 0 saturated carbocycles. The van der Waals surface area contributed by atoms with Crippen molar-refractivity contribution in [1.29, 1.82) is 0 Å². The van der Waals surface area contributed by atoms with E-state index >= 15 is 0 Å². The summed E-state index contributed by atoms with van der Waals surface area (Å²) in [6, 6.07) is -0.0914. The highest BCUT2D eigenvalue weighted by molar-refractivity contribution is 5.85. The van der Waals surface area contributed by atoms with E-state index in [0.29, 0.717) is 25.5 Å². The summed E-state index contributed by atoms with van der Waals surface area (Å²) in [4.78, 5) is 40.6. The lowest BCUT2D eigenvalue weighted by molar-refractivity contribution is -0.389. The highest BCUT2D eigenvalue weighted by atomic mass is 35.5. The molecule has 2 aliphatic heterocycles. The first-order chi connectivity index (χ1) is 12.9. The number of rotatable bonds is 6. The van der Waals surface area contributed by atoms with Crippen LogP contribution in [-0.4, -0.2) is 63.4 Å². The van der Waals surface area contributed by atoms with Gasteiger partial charge in [0.25, 0.3) is 0 Å². The molecule has 0 spiro atoms. The van der Waals surface area contributed by atoms with Gasteiger partial charge >= 0.3 is 5.82 Å². The molecule has 2 amide bonds. The predicted octanol–water partition coefficient (Wildman–Crippen LogP) is 0.628. The van der Waals surface area contributed by atoms with Crippen LogP contribution in [0.1, 0.15) is 31.5 Å². The fraction of sp³-hybridized carbons (Fsp3) is 0.706. The van der Waals surface area contributed by atoms with Crippen LogP contribution >= 0.6 is 12.4 Å². The van der Waals surface area contributed by atoms with Gasteiger partial charge in [-0.05, 0) is 48.1 Å². The van der Waals surface area contributed by atoms with Crippen LogP contribution in [0.5, 0.6) is 0 Å². The van der Waals surface area contributed by atoms with Gasteiger partial charge in [-0.2, -0.15) is 0 Å². The van der Waals surface area contributed by atoms with Gasteiger partial charge in [0.05, 0.1) is 6.04 Å². The van der Waals surface area contributed by atoms with Gasteiger partial charge in [0.2, 0.25) is 17.6 Å². The molecule has 2 saturated heterocycles. The predicted molar refractivity (Wildman–Crippen MR) is 104 cm³/mol. The number of imidazole rings is 1. The first-order valence-electron chi connectivity index (χ1n) is 9.41. The van der Waals surface area contributed by atoms with Crippen LogP contribution < -0.4 is 10.6 Å². The molecular weight excluding hydrogens is 388 g/mol. The molecule has 2 aliphatic rings. The van der Waals surface area contributed by atoms with Crippen molar-refractivity contribution in [3.8, 4) is 0 Å². The fourth-order valence-corrected chi connectivity index (χ4v) is 3.72. The van der Waals surface area contributed by atoms with E-state index in [1.807, 2.05) is 0 Å². The van der Waals surface area contributed by atoms with Gasteiger partial charge in [0.15, 0.2) is 0 Å². The number of hydrogen-bond acceptors (Lipinski definition) is 6. The zero-order chi connectivity index (χ0) is 19.4. The lowest BCUT2D eigenvalue weighted by Gasteiger charge is -2.33. The zero-order valence-electron chi connectivity index (χ0n) is 15.9. The Hall–Kier alpha value is -2.20. The molecular formula is C17H27ClN6O4. The number of aromatic nitrogens is 2. The van der Waals surface area contributed by atoms with Crippen molar-refractivity contribution in [2.45, 2.75) is 45.2 Å². The maximum atomic E-state index is 12.6. The second kappa shape index (κ2) is 9.83. The monoisotopic (exact) mass is 414 g/mol. The van der Waals surface area contributed by atoms with E-state index in [0.717, 1.165) is 32.2 Å². The summed E-state index contributed by atoms with van der Waals surface area (Å²) in [5.74, 6) is 0.377. The van der Waals surface area contributed by atoms with Crippen molar-refractivity contribution in [2.24, 2.45) is 5.92 Å². The molecule has 3 rings (SSSR count). The van der Waals surface area contributed by atoms with Crippen molar-refractivity contribution in [3.63, 3.8) is 0 Å². The van der Waals surface area contributed by atoms with Crippen LogP contribution in [0.4, 0.5) is 5.82 Å². The summed E-state index contributed by atoms with van der Waals surface area (Å²) in [6.07, 6.45) is 5.05. The van der Waals surface area contributed by atoms with E-state index in [9.17, 15) is 19.7 Å². The minimum Gasteiger partial charge on any atom is -0.358 e. The number of hydrogen-bond donors (Lipinski definition) is 2. The highest BCUT2D eigenvalue weighted by Crippen LogP contribution is 2.17. The smallest absolute Gasteiger partial charge is 0.358 e. The second-order valence-electron chi connectivity index (χ2n) is 7.27. The highest BCUT2D eigenvalue weighted by Gasteiger charge is 2.27. The molecule has 0 aliphatic carbocycles. The summed E-state index contributed by atoms with van der Waals surface area (Å²) < 4.78 is 1.51. The number of halogens is 1. The lowest BCUT2D eigenvalue weighted by Crippen LogP contribution is -2.47. The molecule has 1 aromatic rings. The number of carbonyl (C=O) groups is 2. The number of likely N-dealkylation sites (tertiary alicyclic amines) is 1. The Bertz CT molecular complexity index is 719. The van der Waals surface area contributed by atoms with Crippen LogP contribution in [0.25, 0.3) is 0 Å². The fourth-order valence-electron chi connectivity index (χ4n) is 3.72. The molecule has 0 radical (unpaired) electrons. The quantitative estimate of drug-likeness (QED) is 0.520. The number of nitrogens with zero attached hydrogens (tertiary/aromatic N) is 4. The molecule has 3 heterocycles. The van der Waals surface area contributed by atoms with Crippen molar-refractivity contribution >= 4 is 30.0 Å². The van der Waals surface area contributed by atoms with Gasteiger partial charge < -0.3 is 25.6 Å². The third-order valence-corrected chi connectivity index (χ3v) is 5.27. The van der Waals surface area contributed by atoms with E-state index in [4.69, 9.17) is 0 Å². The van der Waals surface area contributed by atoms with Crippen LogP contribution in [0.2, 0.25) is 0 Å². The minimum absolute atomic E-state index is 0. The van der Waals surface area contributed by atoms with Crippen molar-refractivity contribution in [1.82, 2.24) is 25.1 Å². The molecule has 156 valence electrons. The Balaban J connectivity index is 0.00000280. The molecule has 10 nitrogen and oxygen atoms in total. The number of nitro groups is 1. The minimum atomic E-state index is -0.563. The zero-order valence-corrected chi connectivity index (χ0v) is 16.7. The summed E-state index contributed by atoms with van der Waals surface area (Å²) in [6.45, 7) is 4.39. The molecule has 11 heteroatoms. The number of aryl methyl sites for hydroxylation is 1. The Morgan fingerprint density at radius 1 is 1.39 bits per heavy atom. The van der Waals surface area contributed by atoms with E-state index in [-0.39, 0.29) is 48.5 Å². The summed E-state index contributed by atoms with van der Waals surface area (Å²) in [7, 11) is 0.